The van der Waals surface area contributed by atoms with E-state index in [1.165, 1.54) is 11.6 Å². The van der Waals surface area contributed by atoms with Crippen LogP contribution in [0.25, 0.3) is 0 Å². The Labute approximate surface area is 215 Å². The van der Waals surface area contributed by atoms with Crippen molar-refractivity contribution < 1.29 is 23.1 Å². The Morgan fingerprint density at radius 2 is 1.70 bits per heavy atom. The molecule has 0 amide bonds. The number of nitrogens with one attached hydrogen (secondary N) is 1. The molecule has 0 aliphatic rings. The Balaban J connectivity index is 0.000000278. The number of allylic oxidation sites excluding steroid dienone is 1. The van der Waals surface area contributed by atoms with Crippen molar-refractivity contribution >= 4 is 11.5 Å². The lowest BCUT2D eigenvalue weighted by Crippen LogP contribution is -2.36. The Hall–Kier alpha value is -3.93. The Morgan fingerprint density at radius 3 is 2.30 bits per heavy atom. The zero-order valence-electron chi connectivity index (χ0n) is 20.7. The summed E-state index contributed by atoms with van der Waals surface area (Å²) in [4.78, 5) is 11.9. The van der Waals surface area contributed by atoms with E-state index in [0.29, 0.717) is 23.7 Å². The molecule has 3 rings (SSSR count). The third-order valence-electron chi connectivity index (χ3n) is 5.25. The molecule has 0 radical (unpaired) electrons. The van der Waals surface area contributed by atoms with Crippen molar-refractivity contribution in [1.82, 2.24) is 0 Å². The number of aliphatic hydroxyl groups excluding tert-OH is 1. The molecule has 0 saturated carbocycles. The van der Waals surface area contributed by atoms with Gasteiger partial charge in [0.05, 0.1) is 17.3 Å². The Bertz CT molecular complexity index is 1230. The molecule has 3 aromatic rings. The fraction of sp³-hybridized carbons (Fsp3) is 0.241. The number of hydrogen-bond acceptors (Lipinski definition) is 5. The Morgan fingerprint density at radius 1 is 1.05 bits per heavy atom. The highest BCUT2D eigenvalue weighted by Crippen LogP contribution is 2.23. The van der Waals surface area contributed by atoms with Gasteiger partial charge in [0.1, 0.15) is 12.1 Å². The van der Waals surface area contributed by atoms with Gasteiger partial charge in [-0.1, -0.05) is 73.2 Å². The first kappa shape index (κ1) is 29.3. The van der Waals surface area contributed by atoms with Gasteiger partial charge in [0.25, 0.3) is 0 Å². The fourth-order valence-corrected chi connectivity index (χ4v) is 3.33. The molecular weight excluding hydrogens is 479 g/mol. The number of hydrogen-bond donors (Lipinski definition) is 3. The number of Topliss-reactive ketones (excluding diaryl/α,β-unsaturated/α-hetero) is 1. The maximum atomic E-state index is 12.6. The molecule has 2 unspecified atom stereocenters. The van der Waals surface area contributed by atoms with Gasteiger partial charge >= 0.3 is 6.18 Å². The summed E-state index contributed by atoms with van der Waals surface area (Å²) in [5, 5.41) is 21.6. The molecule has 3 aromatic carbocycles. The number of rotatable bonds is 8. The van der Waals surface area contributed by atoms with Gasteiger partial charge in [0.2, 0.25) is 0 Å². The monoisotopic (exact) mass is 509 g/mol. The molecule has 2 atom stereocenters. The number of carbonyl (C=O) groups is 1. The minimum atomic E-state index is -4.63. The van der Waals surface area contributed by atoms with Crippen molar-refractivity contribution in [2.75, 3.05) is 5.32 Å². The standard InChI is InChI=1S/C15H16F3N3O.C14H14O/c1-2-4-13(22)12(8-14(20)15(16,17)18)21-11-6-3-5-10(7-11)9-19;1-11-6-5-9-13(10-11)14(15)12-7-3-2-4-8-12/h3,5-8,14,21H,2,4,20H2,1H3;2-10,14-15H,1H3/b12-8-;. The van der Waals surface area contributed by atoms with Gasteiger partial charge in [-0.25, -0.2) is 0 Å². The van der Waals surface area contributed by atoms with Crippen molar-refractivity contribution in [2.24, 2.45) is 5.73 Å². The van der Waals surface area contributed by atoms with Crippen LogP contribution in [0.2, 0.25) is 0 Å². The number of carbonyl (C=O) groups excluding carboxylic acids is 1. The number of nitrogens with two attached hydrogens (primary N) is 1. The van der Waals surface area contributed by atoms with Crippen LogP contribution in [0.5, 0.6) is 0 Å². The second kappa shape index (κ2) is 14.0. The largest absolute Gasteiger partial charge is 0.407 e. The predicted octanol–water partition coefficient (Wildman–Crippen LogP) is 6.19. The van der Waals surface area contributed by atoms with Crippen LogP contribution < -0.4 is 11.1 Å². The van der Waals surface area contributed by atoms with Gasteiger partial charge in [0.15, 0.2) is 5.78 Å². The van der Waals surface area contributed by atoms with Crippen molar-refractivity contribution in [2.45, 2.75) is 45.0 Å². The van der Waals surface area contributed by atoms with Crippen LogP contribution in [0.4, 0.5) is 18.9 Å². The number of anilines is 1. The number of benzene rings is 3. The Kier molecular flexibility index (Phi) is 11.1. The molecule has 0 saturated heterocycles. The highest BCUT2D eigenvalue weighted by Gasteiger charge is 2.36. The molecule has 0 aromatic heterocycles. The van der Waals surface area contributed by atoms with E-state index in [1.807, 2.05) is 67.6 Å². The quantitative estimate of drug-likeness (QED) is 0.315. The van der Waals surface area contributed by atoms with E-state index < -0.39 is 24.1 Å². The van der Waals surface area contributed by atoms with Gasteiger partial charge in [-0.15, -0.1) is 0 Å². The number of aryl methyl sites for hydroxylation is 1. The zero-order valence-corrected chi connectivity index (χ0v) is 20.7. The lowest BCUT2D eigenvalue weighted by molar-refractivity contribution is -0.137. The van der Waals surface area contributed by atoms with E-state index >= 15 is 0 Å². The molecule has 194 valence electrons. The van der Waals surface area contributed by atoms with Gasteiger partial charge in [-0.05, 0) is 48.7 Å². The summed E-state index contributed by atoms with van der Waals surface area (Å²) in [5.74, 6) is -0.468. The van der Waals surface area contributed by atoms with Crippen LogP contribution in [-0.2, 0) is 4.79 Å². The van der Waals surface area contributed by atoms with Crippen LogP contribution in [0, 0.1) is 18.3 Å². The van der Waals surface area contributed by atoms with Crippen LogP contribution >= 0.6 is 0 Å². The number of aliphatic hydroxyl groups is 1. The molecule has 8 heteroatoms. The number of halogens is 3. The van der Waals surface area contributed by atoms with Crippen molar-refractivity contribution in [3.63, 3.8) is 0 Å². The van der Waals surface area contributed by atoms with E-state index in [2.05, 4.69) is 5.32 Å². The van der Waals surface area contributed by atoms with Gasteiger partial charge in [0, 0.05) is 12.1 Å². The lowest BCUT2D eigenvalue weighted by atomic mass is 10.0. The molecule has 0 bridgehead atoms. The minimum Gasteiger partial charge on any atom is -0.384 e. The predicted molar refractivity (Wildman–Crippen MR) is 138 cm³/mol. The van der Waals surface area contributed by atoms with Crippen LogP contribution in [0.1, 0.15) is 48.1 Å². The molecular formula is C29H30F3N3O2. The highest BCUT2D eigenvalue weighted by molar-refractivity contribution is 5.98. The molecule has 0 spiro atoms. The molecule has 0 fully saturated rings. The van der Waals surface area contributed by atoms with Crippen molar-refractivity contribution in [3.05, 3.63) is 113 Å². The number of nitrogens with zero attached hydrogens (tertiary/aromatic N) is 1. The van der Waals surface area contributed by atoms with Crippen LogP contribution in [0.15, 0.2) is 90.6 Å². The molecule has 0 heterocycles. The topological polar surface area (TPSA) is 99.1 Å². The number of ketones is 1. The third kappa shape index (κ3) is 9.56. The summed E-state index contributed by atoms with van der Waals surface area (Å²) in [6, 6.07) is 23.4. The average molecular weight is 510 g/mol. The average Bonchev–Trinajstić information content (AvgIpc) is 2.88. The first-order valence-corrected chi connectivity index (χ1v) is 11.7. The highest BCUT2D eigenvalue weighted by atomic mass is 19.4. The van der Waals surface area contributed by atoms with Crippen LogP contribution in [0.3, 0.4) is 0 Å². The van der Waals surface area contributed by atoms with E-state index in [1.54, 1.807) is 25.1 Å². The molecule has 37 heavy (non-hydrogen) atoms. The van der Waals surface area contributed by atoms with Gasteiger partial charge in [-0.2, -0.15) is 18.4 Å². The van der Waals surface area contributed by atoms with E-state index in [-0.39, 0.29) is 12.1 Å². The number of alkyl halides is 3. The first-order valence-electron chi connectivity index (χ1n) is 11.7. The summed E-state index contributed by atoms with van der Waals surface area (Å²) >= 11 is 0. The van der Waals surface area contributed by atoms with Crippen molar-refractivity contribution in [1.29, 1.82) is 5.26 Å². The summed E-state index contributed by atoms with van der Waals surface area (Å²) in [6.45, 7) is 3.77. The summed E-state index contributed by atoms with van der Waals surface area (Å²) in [5.41, 5.74) is 8.55. The maximum Gasteiger partial charge on any atom is 0.407 e. The summed E-state index contributed by atoms with van der Waals surface area (Å²) < 4.78 is 37.7. The maximum absolute atomic E-state index is 12.6. The second-order valence-electron chi connectivity index (χ2n) is 8.37. The second-order valence-corrected chi connectivity index (χ2v) is 8.37. The van der Waals surface area contributed by atoms with E-state index in [9.17, 15) is 23.1 Å². The van der Waals surface area contributed by atoms with Crippen molar-refractivity contribution in [3.8, 4) is 6.07 Å². The van der Waals surface area contributed by atoms with Gasteiger partial charge < -0.3 is 16.2 Å². The normalized spacial score (nSPS) is 13.0. The fourth-order valence-electron chi connectivity index (χ4n) is 3.33. The lowest BCUT2D eigenvalue weighted by Gasteiger charge is -2.15. The summed E-state index contributed by atoms with van der Waals surface area (Å²) in [7, 11) is 0. The minimum absolute atomic E-state index is 0.0986. The van der Waals surface area contributed by atoms with Gasteiger partial charge in [-0.3, -0.25) is 4.79 Å². The van der Waals surface area contributed by atoms with E-state index in [4.69, 9.17) is 11.0 Å². The first-order chi connectivity index (χ1) is 17.5. The summed E-state index contributed by atoms with van der Waals surface area (Å²) in [6.07, 6.45) is -3.89. The number of nitriles is 1. The third-order valence-corrected chi connectivity index (χ3v) is 5.25. The molecule has 4 N–H and O–H groups in total. The SMILES string of the molecule is CCCC(=O)/C(=C/C(N)C(F)(F)F)Nc1cccc(C#N)c1.Cc1cccc(C(O)c2ccccc2)c1. The smallest absolute Gasteiger partial charge is 0.384 e. The zero-order chi connectivity index (χ0) is 27.4. The molecule has 5 nitrogen and oxygen atoms in total. The van der Waals surface area contributed by atoms with E-state index in [0.717, 1.165) is 11.1 Å². The van der Waals surface area contributed by atoms with Crippen LogP contribution in [-0.4, -0.2) is 23.1 Å². The molecule has 0 aliphatic heterocycles. The molecule has 0 aliphatic carbocycles.